The summed E-state index contributed by atoms with van der Waals surface area (Å²) < 4.78 is 1.85. The smallest absolute Gasteiger partial charge is 0.0817 e. The number of hydrogen-bond acceptors (Lipinski definition) is 1. The molecule has 0 bridgehead atoms. The molecule has 0 amide bonds. The Labute approximate surface area is 65.8 Å². The standard InChI is InChI=1S/C7H11ClN2/c1-3-7-6(8)5-10(4-2)9-7/h5H,3-4H2,1-2H3. The summed E-state index contributed by atoms with van der Waals surface area (Å²) in [5.41, 5.74) is 0.989. The average Bonchev–Trinajstić information content (AvgIpc) is 2.30. The normalized spacial score (nSPS) is 10.3. The Morgan fingerprint density at radius 1 is 1.60 bits per heavy atom. The topological polar surface area (TPSA) is 17.8 Å². The zero-order valence-corrected chi connectivity index (χ0v) is 7.02. The molecule has 0 aliphatic rings. The van der Waals surface area contributed by atoms with E-state index in [9.17, 15) is 0 Å². The van der Waals surface area contributed by atoms with Crippen LogP contribution in [0.2, 0.25) is 5.02 Å². The number of halogens is 1. The van der Waals surface area contributed by atoms with Gasteiger partial charge in [-0.05, 0) is 13.3 Å². The molecule has 0 saturated heterocycles. The Morgan fingerprint density at radius 2 is 2.30 bits per heavy atom. The van der Waals surface area contributed by atoms with Crippen LogP contribution in [0.5, 0.6) is 0 Å². The van der Waals surface area contributed by atoms with Crippen molar-refractivity contribution in [3.05, 3.63) is 16.9 Å². The predicted molar refractivity (Wildman–Crippen MR) is 42.3 cm³/mol. The Hall–Kier alpha value is -0.500. The fourth-order valence-electron chi connectivity index (χ4n) is 0.839. The van der Waals surface area contributed by atoms with Crippen LogP contribution in [0.15, 0.2) is 6.20 Å². The van der Waals surface area contributed by atoms with E-state index in [2.05, 4.69) is 5.10 Å². The van der Waals surface area contributed by atoms with Crippen molar-refractivity contribution in [1.29, 1.82) is 0 Å². The van der Waals surface area contributed by atoms with Gasteiger partial charge in [-0.25, -0.2) is 0 Å². The third kappa shape index (κ3) is 1.32. The van der Waals surface area contributed by atoms with Crippen molar-refractivity contribution in [2.24, 2.45) is 0 Å². The molecule has 2 nitrogen and oxygen atoms in total. The molecule has 0 atom stereocenters. The molecule has 3 heteroatoms. The molecular weight excluding hydrogens is 148 g/mol. The quantitative estimate of drug-likeness (QED) is 0.645. The first-order chi connectivity index (χ1) is 4.77. The van der Waals surface area contributed by atoms with Crippen molar-refractivity contribution in [2.45, 2.75) is 26.8 Å². The van der Waals surface area contributed by atoms with Gasteiger partial charge >= 0.3 is 0 Å². The van der Waals surface area contributed by atoms with Gasteiger partial charge in [-0.15, -0.1) is 0 Å². The maximum Gasteiger partial charge on any atom is 0.0817 e. The van der Waals surface area contributed by atoms with Crippen LogP contribution in [0.1, 0.15) is 19.5 Å². The second-order valence-electron chi connectivity index (χ2n) is 2.13. The minimum absolute atomic E-state index is 0.782. The van der Waals surface area contributed by atoms with Gasteiger partial charge in [-0.3, -0.25) is 4.68 Å². The molecule has 0 aromatic carbocycles. The van der Waals surface area contributed by atoms with Gasteiger partial charge in [-0.1, -0.05) is 18.5 Å². The lowest BCUT2D eigenvalue weighted by Gasteiger charge is -1.90. The molecule has 0 aliphatic carbocycles. The fourth-order valence-corrected chi connectivity index (χ4v) is 1.12. The largest absolute Gasteiger partial charge is 0.271 e. The van der Waals surface area contributed by atoms with E-state index in [-0.39, 0.29) is 0 Å². The van der Waals surface area contributed by atoms with Gasteiger partial charge in [0.25, 0.3) is 0 Å². The van der Waals surface area contributed by atoms with Crippen molar-refractivity contribution < 1.29 is 0 Å². The Morgan fingerprint density at radius 3 is 2.60 bits per heavy atom. The van der Waals surface area contributed by atoms with Crippen LogP contribution in [0.25, 0.3) is 0 Å². The first kappa shape index (κ1) is 7.61. The number of aryl methyl sites for hydroxylation is 2. The first-order valence-electron chi connectivity index (χ1n) is 3.49. The van der Waals surface area contributed by atoms with Crippen LogP contribution < -0.4 is 0 Å². The predicted octanol–water partition coefficient (Wildman–Crippen LogP) is 2.12. The van der Waals surface area contributed by atoms with Gasteiger partial charge in [0.1, 0.15) is 0 Å². The molecule has 0 spiro atoms. The van der Waals surface area contributed by atoms with E-state index in [0.29, 0.717) is 0 Å². The highest BCUT2D eigenvalue weighted by Gasteiger charge is 2.01. The highest BCUT2D eigenvalue weighted by atomic mass is 35.5. The molecule has 56 valence electrons. The SMILES string of the molecule is CCc1nn(CC)cc1Cl. The maximum absolute atomic E-state index is 5.84. The van der Waals surface area contributed by atoms with Gasteiger partial charge in [0.05, 0.1) is 10.7 Å². The van der Waals surface area contributed by atoms with E-state index in [1.807, 2.05) is 24.7 Å². The summed E-state index contributed by atoms with van der Waals surface area (Å²) in [6, 6.07) is 0. The van der Waals surface area contributed by atoms with Crippen LogP contribution in [0, 0.1) is 0 Å². The molecular formula is C7H11ClN2. The van der Waals surface area contributed by atoms with Crippen molar-refractivity contribution in [1.82, 2.24) is 9.78 Å². The molecule has 1 aromatic rings. The molecule has 0 unspecified atom stereocenters. The monoisotopic (exact) mass is 158 g/mol. The Kier molecular flexibility index (Phi) is 2.33. The zero-order chi connectivity index (χ0) is 7.56. The molecule has 0 fully saturated rings. The third-order valence-electron chi connectivity index (χ3n) is 1.45. The van der Waals surface area contributed by atoms with Crippen LogP contribution in [-0.4, -0.2) is 9.78 Å². The molecule has 1 aromatic heterocycles. The van der Waals surface area contributed by atoms with Gasteiger partial charge in [-0.2, -0.15) is 5.10 Å². The van der Waals surface area contributed by atoms with Gasteiger partial charge in [0, 0.05) is 12.7 Å². The maximum atomic E-state index is 5.84. The summed E-state index contributed by atoms with van der Waals surface area (Å²) in [5.74, 6) is 0. The van der Waals surface area contributed by atoms with Crippen LogP contribution in [-0.2, 0) is 13.0 Å². The number of nitrogens with zero attached hydrogens (tertiary/aromatic N) is 2. The van der Waals surface area contributed by atoms with Crippen LogP contribution >= 0.6 is 11.6 Å². The van der Waals surface area contributed by atoms with Crippen molar-refractivity contribution in [3.63, 3.8) is 0 Å². The van der Waals surface area contributed by atoms with Gasteiger partial charge in [0.15, 0.2) is 0 Å². The van der Waals surface area contributed by atoms with E-state index in [1.54, 1.807) is 0 Å². The van der Waals surface area contributed by atoms with E-state index in [1.165, 1.54) is 0 Å². The minimum atomic E-state index is 0.782. The zero-order valence-electron chi connectivity index (χ0n) is 6.26. The second kappa shape index (κ2) is 3.06. The van der Waals surface area contributed by atoms with E-state index in [0.717, 1.165) is 23.7 Å². The van der Waals surface area contributed by atoms with Crippen molar-refractivity contribution in [2.75, 3.05) is 0 Å². The summed E-state index contributed by atoms with van der Waals surface area (Å²) in [7, 11) is 0. The minimum Gasteiger partial charge on any atom is -0.271 e. The Balaban J connectivity index is 2.92. The highest BCUT2D eigenvalue weighted by molar-refractivity contribution is 6.31. The third-order valence-corrected chi connectivity index (χ3v) is 1.76. The van der Waals surface area contributed by atoms with Gasteiger partial charge < -0.3 is 0 Å². The van der Waals surface area contributed by atoms with E-state index < -0.39 is 0 Å². The lowest BCUT2D eigenvalue weighted by molar-refractivity contribution is 0.648. The molecule has 1 rings (SSSR count). The average molecular weight is 159 g/mol. The fraction of sp³-hybridized carbons (Fsp3) is 0.571. The Bertz CT molecular complexity index is 217. The molecule has 0 aliphatic heterocycles. The van der Waals surface area contributed by atoms with Crippen LogP contribution in [0.4, 0.5) is 0 Å². The van der Waals surface area contributed by atoms with Gasteiger partial charge in [0.2, 0.25) is 0 Å². The summed E-state index contributed by atoms with van der Waals surface area (Å²) in [5, 5.41) is 5.01. The number of rotatable bonds is 2. The van der Waals surface area contributed by atoms with Crippen LogP contribution in [0.3, 0.4) is 0 Å². The molecule has 1 heterocycles. The van der Waals surface area contributed by atoms with E-state index in [4.69, 9.17) is 11.6 Å². The molecule has 0 N–H and O–H groups in total. The summed E-state index contributed by atoms with van der Waals surface area (Å²) in [4.78, 5) is 0. The summed E-state index contributed by atoms with van der Waals surface area (Å²) >= 11 is 5.84. The van der Waals surface area contributed by atoms with E-state index >= 15 is 0 Å². The lowest BCUT2D eigenvalue weighted by Crippen LogP contribution is -1.94. The second-order valence-corrected chi connectivity index (χ2v) is 2.54. The summed E-state index contributed by atoms with van der Waals surface area (Å²) in [6.45, 7) is 4.98. The summed E-state index contributed by atoms with van der Waals surface area (Å²) in [6.07, 6.45) is 2.77. The molecule has 10 heavy (non-hydrogen) atoms. The van der Waals surface area contributed by atoms with Crippen molar-refractivity contribution >= 4 is 11.6 Å². The first-order valence-corrected chi connectivity index (χ1v) is 3.87. The lowest BCUT2D eigenvalue weighted by atomic mass is 10.3. The number of hydrogen-bond donors (Lipinski definition) is 0. The number of aromatic nitrogens is 2. The molecule has 0 radical (unpaired) electrons. The highest BCUT2D eigenvalue weighted by Crippen LogP contribution is 2.13. The molecule has 0 saturated carbocycles. The van der Waals surface area contributed by atoms with Crippen molar-refractivity contribution in [3.8, 4) is 0 Å².